The fourth-order valence-electron chi connectivity index (χ4n) is 3.38. The second-order valence-electron chi connectivity index (χ2n) is 5.85. The van der Waals surface area contributed by atoms with Crippen LogP contribution in [-0.2, 0) is 19.1 Å². The van der Waals surface area contributed by atoms with Gasteiger partial charge in [-0.15, -0.1) is 0 Å². The summed E-state index contributed by atoms with van der Waals surface area (Å²) in [5.74, 6) is 0.0441. The quantitative estimate of drug-likeness (QED) is 0.432. The number of carbonyl (C=O) groups excluding carboxylic acids is 2. The molecule has 2 heterocycles. The van der Waals surface area contributed by atoms with Gasteiger partial charge in [0.05, 0.1) is 6.10 Å². The minimum Gasteiger partial charge on any atom is -0.458 e. The normalized spacial score (nSPS) is 44.5. The summed E-state index contributed by atoms with van der Waals surface area (Å²) in [5.41, 5.74) is 0.224. The van der Waals surface area contributed by atoms with Gasteiger partial charge in [0.2, 0.25) is 0 Å². The average Bonchev–Trinajstić information content (AvgIpc) is 3.00. The van der Waals surface area contributed by atoms with Crippen LogP contribution in [0, 0.1) is 11.8 Å². The molecule has 0 spiro atoms. The third-order valence-corrected chi connectivity index (χ3v) is 4.61. The predicted octanol–water partition coefficient (Wildman–Crippen LogP) is 1.80. The maximum Gasteiger partial charge on any atom is 0.334 e. The van der Waals surface area contributed by atoms with Crippen LogP contribution in [0.25, 0.3) is 0 Å². The molecule has 0 bridgehead atoms. The zero-order valence-electron chi connectivity index (χ0n) is 11.2. The van der Waals surface area contributed by atoms with Gasteiger partial charge >= 0.3 is 5.97 Å². The Bertz CT molecular complexity index is 492. The van der Waals surface area contributed by atoms with Crippen molar-refractivity contribution in [1.82, 2.24) is 0 Å². The molecule has 19 heavy (non-hydrogen) atoms. The van der Waals surface area contributed by atoms with Crippen LogP contribution in [-0.4, -0.2) is 29.6 Å². The lowest BCUT2D eigenvalue weighted by molar-refractivity contribution is -0.139. The Kier molecular flexibility index (Phi) is 2.68. The number of hydrogen-bond donors (Lipinski definition) is 0. The number of carbonyl (C=O) groups is 2. The van der Waals surface area contributed by atoms with Crippen LogP contribution >= 0.6 is 0 Å². The Hall–Kier alpha value is -1.42. The highest BCUT2D eigenvalue weighted by Crippen LogP contribution is 2.54. The van der Waals surface area contributed by atoms with Gasteiger partial charge in [0, 0.05) is 11.5 Å². The maximum atomic E-state index is 11.6. The summed E-state index contributed by atoms with van der Waals surface area (Å²) in [6.45, 7) is 7.45. The first-order valence-corrected chi connectivity index (χ1v) is 6.71. The van der Waals surface area contributed by atoms with Crippen LogP contribution in [0.4, 0.5) is 0 Å². The topological polar surface area (TPSA) is 55.9 Å². The monoisotopic (exact) mass is 262 g/mol. The van der Waals surface area contributed by atoms with Gasteiger partial charge in [-0.05, 0) is 37.8 Å². The van der Waals surface area contributed by atoms with Crippen molar-refractivity contribution in [3.63, 3.8) is 0 Å². The molecule has 3 aliphatic rings. The number of rotatable bonds is 2. The van der Waals surface area contributed by atoms with E-state index in [2.05, 4.69) is 13.5 Å². The van der Waals surface area contributed by atoms with Crippen LogP contribution in [0.15, 0.2) is 24.3 Å². The first-order chi connectivity index (χ1) is 8.94. The van der Waals surface area contributed by atoms with Crippen LogP contribution in [0.1, 0.15) is 26.7 Å². The SMILES string of the molecule is C=C1C(=O)O[C@@H]2C[C@H](C)[C@]3(/C=C/C(C)=O)O[C@@H]3C[C@H]12. The molecule has 0 radical (unpaired) electrons. The van der Waals surface area contributed by atoms with Gasteiger partial charge in [-0.25, -0.2) is 4.79 Å². The molecule has 0 amide bonds. The van der Waals surface area contributed by atoms with E-state index >= 15 is 0 Å². The number of esters is 1. The Labute approximate surface area is 112 Å². The molecular formula is C15H18O4. The molecule has 4 nitrogen and oxygen atoms in total. The van der Waals surface area contributed by atoms with Crippen molar-refractivity contribution in [2.24, 2.45) is 11.8 Å². The molecule has 1 aliphatic carbocycles. The van der Waals surface area contributed by atoms with Crippen molar-refractivity contribution in [1.29, 1.82) is 0 Å². The van der Waals surface area contributed by atoms with E-state index < -0.39 is 0 Å². The lowest BCUT2D eigenvalue weighted by Gasteiger charge is -2.20. The fraction of sp³-hybridized carbons (Fsp3) is 0.600. The molecule has 0 N–H and O–H groups in total. The summed E-state index contributed by atoms with van der Waals surface area (Å²) < 4.78 is 11.2. The van der Waals surface area contributed by atoms with Crippen LogP contribution in [0.5, 0.6) is 0 Å². The molecule has 0 aromatic heterocycles. The van der Waals surface area contributed by atoms with E-state index in [4.69, 9.17) is 9.47 Å². The Morgan fingerprint density at radius 2 is 2.21 bits per heavy atom. The fourth-order valence-corrected chi connectivity index (χ4v) is 3.38. The van der Waals surface area contributed by atoms with Crippen LogP contribution in [0.3, 0.4) is 0 Å². The first kappa shape index (κ1) is 12.6. The second kappa shape index (κ2) is 4.04. The van der Waals surface area contributed by atoms with Crippen LogP contribution in [0.2, 0.25) is 0 Å². The molecule has 3 fully saturated rings. The summed E-state index contributed by atoms with van der Waals surface area (Å²) in [4.78, 5) is 22.7. The Balaban J connectivity index is 1.83. The summed E-state index contributed by atoms with van der Waals surface area (Å²) in [5, 5.41) is 0. The van der Waals surface area contributed by atoms with Crippen molar-refractivity contribution in [2.75, 3.05) is 0 Å². The minimum absolute atomic E-state index is 0.0242. The molecule has 0 aromatic carbocycles. The highest BCUT2D eigenvalue weighted by atomic mass is 16.6. The van der Waals surface area contributed by atoms with Crippen molar-refractivity contribution >= 4 is 11.8 Å². The van der Waals surface area contributed by atoms with E-state index in [0.717, 1.165) is 12.8 Å². The molecule has 5 atom stereocenters. The Morgan fingerprint density at radius 1 is 1.47 bits per heavy atom. The van der Waals surface area contributed by atoms with Gasteiger partial charge in [0.15, 0.2) is 5.78 Å². The van der Waals surface area contributed by atoms with Gasteiger partial charge in [0.1, 0.15) is 11.7 Å². The van der Waals surface area contributed by atoms with E-state index in [0.29, 0.717) is 5.57 Å². The number of ketones is 1. The number of epoxide rings is 1. The molecule has 102 valence electrons. The van der Waals surface area contributed by atoms with Crippen molar-refractivity contribution in [3.05, 3.63) is 24.3 Å². The summed E-state index contributed by atoms with van der Waals surface area (Å²) in [6.07, 6.45) is 4.97. The van der Waals surface area contributed by atoms with E-state index in [1.54, 1.807) is 6.08 Å². The highest BCUT2D eigenvalue weighted by molar-refractivity contribution is 5.91. The summed E-state index contributed by atoms with van der Waals surface area (Å²) >= 11 is 0. The number of hydrogen-bond acceptors (Lipinski definition) is 4. The van der Waals surface area contributed by atoms with E-state index in [-0.39, 0.29) is 41.4 Å². The molecule has 2 saturated heterocycles. The molecule has 2 aliphatic heterocycles. The molecule has 0 unspecified atom stereocenters. The molecular weight excluding hydrogens is 244 g/mol. The number of allylic oxidation sites excluding steroid dienone is 1. The second-order valence-corrected chi connectivity index (χ2v) is 5.85. The average molecular weight is 262 g/mol. The summed E-state index contributed by atoms with van der Waals surface area (Å²) in [7, 11) is 0. The maximum absolute atomic E-state index is 11.6. The van der Waals surface area contributed by atoms with Crippen molar-refractivity contribution < 1.29 is 19.1 Å². The standard InChI is InChI=1S/C15H18O4/c1-8-6-12-11(10(3)14(17)18-12)7-13-15(8,19-13)5-4-9(2)16/h4-5,8,11-13H,3,6-7H2,1-2H3/b5-4+/t8-,11+,12+,13+,15-/m0/s1. The van der Waals surface area contributed by atoms with Gasteiger partial charge < -0.3 is 9.47 Å². The largest absolute Gasteiger partial charge is 0.458 e. The third kappa shape index (κ3) is 1.86. The number of ether oxygens (including phenoxy) is 2. The van der Waals surface area contributed by atoms with Crippen molar-refractivity contribution in [3.8, 4) is 0 Å². The summed E-state index contributed by atoms with van der Waals surface area (Å²) in [6, 6.07) is 0. The smallest absolute Gasteiger partial charge is 0.334 e. The van der Waals surface area contributed by atoms with Crippen LogP contribution < -0.4 is 0 Å². The Morgan fingerprint density at radius 3 is 2.89 bits per heavy atom. The van der Waals surface area contributed by atoms with E-state index in [1.807, 2.05) is 6.08 Å². The highest BCUT2D eigenvalue weighted by Gasteiger charge is 2.63. The van der Waals surface area contributed by atoms with Crippen molar-refractivity contribution in [2.45, 2.75) is 44.5 Å². The van der Waals surface area contributed by atoms with Gasteiger partial charge in [-0.1, -0.05) is 13.5 Å². The van der Waals surface area contributed by atoms with Gasteiger partial charge in [-0.2, -0.15) is 0 Å². The van der Waals surface area contributed by atoms with Gasteiger partial charge in [-0.3, -0.25) is 4.79 Å². The zero-order valence-corrected chi connectivity index (χ0v) is 11.2. The first-order valence-electron chi connectivity index (χ1n) is 6.71. The molecule has 1 saturated carbocycles. The lowest BCUT2D eigenvalue weighted by atomic mass is 9.88. The molecule has 4 heteroatoms. The minimum atomic E-state index is -0.345. The third-order valence-electron chi connectivity index (χ3n) is 4.61. The molecule has 3 rings (SSSR count). The number of fused-ring (bicyclic) bond motifs is 2. The zero-order chi connectivity index (χ0) is 13.8. The molecule has 0 aromatic rings. The lowest BCUT2D eigenvalue weighted by Crippen LogP contribution is -2.24. The van der Waals surface area contributed by atoms with E-state index in [1.165, 1.54) is 6.92 Å². The predicted molar refractivity (Wildman–Crippen MR) is 68.3 cm³/mol. The van der Waals surface area contributed by atoms with Gasteiger partial charge in [0.25, 0.3) is 0 Å². The van der Waals surface area contributed by atoms with E-state index in [9.17, 15) is 9.59 Å².